The molecule has 0 aliphatic carbocycles. The molecule has 5 heteroatoms. The van der Waals surface area contributed by atoms with E-state index in [4.69, 9.17) is 5.11 Å². The molecule has 0 bridgehead atoms. The molecule has 0 radical (unpaired) electrons. The van der Waals surface area contributed by atoms with E-state index in [1.807, 2.05) is 0 Å². The fourth-order valence-corrected chi connectivity index (χ4v) is 0.809. The summed E-state index contributed by atoms with van der Waals surface area (Å²) in [6.45, 7) is 0.775. The largest absolute Gasteiger partial charge is 0.465 e. The summed E-state index contributed by atoms with van der Waals surface area (Å²) in [7, 11) is 0. The van der Waals surface area contributed by atoms with Crippen molar-refractivity contribution in [1.82, 2.24) is 0 Å². The van der Waals surface area contributed by atoms with Gasteiger partial charge in [-0.05, 0) is 13.3 Å². The maximum atomic E-state index is 11.1. The summed E-state index contributed by atoms with van der Waals surface area (Å²) in [6.07, 6.45) is 1.48. The number of carbonyl (C=O) groups is 3. The number of unbranched alkanes of at least 4 members (excludes halogenated alkanes) is 1. The smallest absolute Gasteiger partial charge is 0.318 e. The second-order valence-corrected chi connectivity index (χ2v) is 2.82. The summed E-state index contributed by atoms with van der Waals surface area (Å²) < 4.78 is 4.68. The molecule has 0 amide bonds. The van der Waals surface area contributed by atoms with Gasteiger partial charge in [0.15, 0.2) is 0 Å². The lowest BCUT2D eigenvalue weighted by atomic mass is 10.1. The molecule has 0 saturated carbocycles. The third-order valence-corrected chi connectivity index (χ3v) is 1.67. The van der Waals surface area contributed by atoms with Crippen LogP contribution in [0.5, 0.6) is 0 Å². The topological polar surface area (TPSA) is 80.7 Å². The molecule has 0 saturated heterocycles. The predicted molar refractivity (Wildman–Crippen MR) is 47.5 cm³/mol. The molecule has 0 heterocycles. The van der Waals surface area contributed by atoms with Crippen LogP contribution in [-0.4, -0.2) is 36.4 Å². The first-order valence-electron chi connectivity index (χ1n) is 4.35. The van der Waals surface area contributed by atoms with Gasteiger partial charge in [0.05, 0.1) is 13.2 Å². The Morgan fingerprint density at radius 1 is 1.50 bits per heavy atom. The first-order chi connectivity index (χ1) is 6.63. The van der Waals surface area contributed by atoms with E-state index in [0.717, 1.165) is 6.29 Å². The Morgan fingerprint density at radius 3 is 2.57 bits per heavy atom. The molecule has 80 valence electrons. The molecule has 5 nitrogen and oxygen atoms in total. The average Bonchev–Trinajstić information content (AvgIpc) is 2.13. The minimum Gasteiger partial charge on any atom is -0.465 e. The number of rotatable bonds is 7. The summed E-state index contributed by atoms with van der Waals surface area (Å²) in [6, 6.07) is 0. The average molecular weight is 202 g/mol. The lowest BCUT2D eigenvalue weighted by Gasteiger charge is -2.09. The highest BCUT2D eigenvalue weighted by Crippen LogP contribution is 2.01. The maximum absolute atomic E-state index is 11.1. The van der Waals surface area contributed by atoms with Gasteiger partial charge in [-0.1, -0.05) is 0 Å². The number of hydrogen-bond acceptors (Lipinski definition) is 5. The van der Waals surface area contributed by atoms with Gasteiger partial charge in [-0.25, -0.2) is 0 Å². The van der Waals surface area contributed by atoms with Gasteiger partial charge in [0.1, 0.15) is 18.0 Å². The summed E-state index contributed by atoms with van der Waals surface area (Å²) in [4.78, 5) is 31.8. The Bertz CT molecular complexity index is 211. The molecule has 0 spiro atoms. The zero-order chi connectivity index (χ0) is 11.0. The van der Waals surface area contributed by atoms with Crippen LogP contribution in [0.3, 0.4) is 0 Å². The Hall–Kier alpha value is -1.23. The molecule has 0 fully saturated rings. The van der Waals surface area contributed by atoms with E-state index in [1.165, 1.54) is 6.92 Å². The number of ketones is 1. The van der Waals surface area contributed by atoms with E-state index in [2.05, 4.69) is 4.74 Å². The van der Waals surface area contributed by atoms with Crippen LogP contribution in [0.25, 0.3) is 0 Å². The standard InChI is InChI=1S/C9H14O5/c1-7(12)8(6-11)9(13)14-5-3-2-4-10/h4,8,11H,2-3,5-6H2,1H3/t8-/m0/s1. The van der Waals surface area contributed by atoms with Crippen molar-refractivity contribution in [3.05, 3.63) is 0 Å². The minimum atomic E-state index is -1.09. The van der Waals surface area contributed by atoms with Crippen LogP contribution in [-0.2, 0) is 19.1 Å². The molecule has 14 heavy (non-hydrogen) atoms. The van der Waals surface area contributed by atoms with Crippen molar-refractivity contribution < 1.29 is 24.2 Å². The predicted octanol–water partition coefficient (Wildman–Crippen LogP) is -0.294. The van der Waals surface area contributed by atoms with Gasteiger partial charge in [-0.2, -0.15) is 0 Å². The number of aliphatic hydroxyl groups is 1. The molecule has 0 rings (SSSR count). The molecule has 0 aliphatic rings. The van der Waals surface area contributed by atoms with Gasteiger partial charge in [-0.3, -0.25) is 9.59 Å². The Kier molecular flexibility index (Phi) is 6.57. The molecule has 0 unspecified atom stereocenters. The lowest BCUT2D eigenvalue weighted by Crippen LogP contribution is -2.27. The van der Waals surface area contributed by atoms with Crippen LogP contribution in [0.15, 0.2) is 0 Å². The summed E-state index contributed by atoms with van der Waals surface area (Å²) >= 11 is 0. The monoisotopic (exact) mass is 202 g/mol. The van der Waals surface area contributed by atoms with Gasteiger partial charge in [0.2, 0.25) is 0 Å². The fourth-order valence-electron chi connectivity index (χ4n) is 0.809. The van der Waals surface area contributed by atoms with Gasteiger partial charge >= 0.3 is 5.97 Å². The third-order valence-electron chi connectivity index (χ3n) is 1.67. The van der Waals surface area contributed by atoms with E-state index >= 15 is 0 Å². The Morgan fingerprint density at radius 2 is 2.14 bits per heavy atom. The number of carbonyl (C=O) groups excluding carboxylic acids is 3. The highest BCUT2D eigenvalue weighted by molar-refractivity contribution is 5.97. The maximum Gasteiger partial charge on any atom is 0.318 e. The second-order valence-electron chi connectivity index (χ2n) is 2.82. The number of Topliss-reactive ketones (excluding diaryl/α,β-unsaturated/α-hetero) is 1. The van der Waals surface area contributed by atoms with Gasteiger partial charge in [-0.15, -0.1) is 0 Å². The highest BCUT2D eigenvalue weighted by atomic mass is 16.5. The van der Waals surface area contributed by atoms with Crippen LogP contribution in [0.2, 0.25) is 0 Å². The molecule has 0 aromatic rings. The summed E-state index contributed by atoms with van der Waals surface area (Å²) in [5.74, 6) is -2.25. The molecule has 1 N–H and O–H groups in total. The normalized spacial score (nSPS) is 11.9. The van der Waals surface area contributed by atoms with Crippen molar-refractivity contribution in [2.75, 3.05) is 13.2 Å². The van der Waals surface area contributed by atoms with Crippen LogP contribution in [0, 0.1) is 5.92 Å². The van der Waals surface area contributed by atoms with Crippen molar-refractivity contribution in [3.63, 3.8) is 0 Å². The summed E-state index contributed by atoms with van der Waals surface area (Å²) in [5.41, 5.74) is 0. The van der Waals surface area contributed by atoms with Crippen LogP contribution in [0.4, 0.5) is 0 Å². The van der Waals surface area contributed by atoms with E-state index < -0.39 is 24.3 Å². The third kappa shape index (κ3) is 4.71. The van der Waals surface area contributed by atoms with E-state index in [-0.39, 0.29) is 6.61 Å². The van der Waals surface area contributed by atoms with E-state index in [0.29, 0.717) is 12.8 Å². The Labute approximate surface area is 82.1 Å². The van der Waals surface area contributed by atoms with Gasteiger partial charge in [0, 0.05) is 6.42 Å². The number of esters is 1. The number of hydrogen-bond donors (Lipinski definition) is 1. The SMILES string of the molecule is CC(=O)[C@H](CO)C(=O)OCCCC=O. The molecule has 0 aromatic carbocycles. The molecular formula is C9H14O5. The fraction of sp³-hybridized carbons (Fsp3) is 0.667. The van der Waals surface area contributed by atoms with Crippen LogP contribution < -0.4 is 0 Å². The number of aliphatic hydroxyl groups excluding tert-OH is 1. The van der Waals surface area contributed by atoms with Crippen molar-refractivity contribution in [2.24, 2.45) is 5.92 Å². The highest BCUT2D eigenvalue weighted by Gasteiger charge is 2.23. The lowest BCUT2D eigenvalue weighted by molar-refractivity contribution is -0.153. The minimum absolute atomic E-state index is 0.0986. The molecule has 1 atom stereocenters. The zero-order valence-corrected chi connectivity index (χ0v) is 8.06. The Balaban J connectivity index is 3.81. The van der Waals surface area contributed by atoms with Crippen molar-refractivity contribution >= 4 is 18.0 Å². The van der Waals surface area contributed by atoms with Crippen molar-refractivity contribution in [1.29, 1.82) is 0 Å². The molecule has 0 aliphatic heterocycles. The zero-order valence-electron chi connectivity index (χ0n) is 8.06. The summed E-state index contributed by atoms with van der Waals surface area (Å²) in [5, 5.41) is 8.69. The first kappa shape index (κ1) is 12.8. The number of ether oxygens (including phenoxy) is 1. The first-order valence-corrected chi connectivity index (χ1v) is 4.35. The molecule has 0 aromatic heterocycles. The second kappa shape index (κ2) is 7.20. The van der Waals surface area contributed by atoms with E-state index in [1.54, 1.807) is 0 Å². The van der Waals surface area contributed by atoms with Crippen molar-refractivity contribution in [3.8, 4) is 0 Å². The van der Waals surface area contributed by atoms with E-state index in [9.17, 15) is 14.4 Å². The van der Waals surface area contributed by atoms with Gasteiger partial charge in [0.25, 0.3) is 0 Å². The van der Waals surface area contributed by atoms with Crippen LogP contribution in [0.1, 0.15) is 19.8 Å². The number of aldehydes is 1. The van der Waals surface area contributed by atoms with Crippen molar-refractivity contribution in [2.45, 2.75) is 19.8 Å². The van der Waals surface area contributed by atoms with Crippen LogP contribution >= 0.6 is 0 Å². The molecular weight excluding hydrogens is 188 g/mol. The quantitative estimate of drug-likeness (QED) is 0.265. The van der Waals surface area contributed by atoms with Gasteiger partial charge < -0.3 is 14.6 Å².